The predicted molar refractivity (Wildman–Crippen MR) is 115 cm³/mol. The Morgan fingerprint density at radius 1 is 0.815 bits per heavy atom. The van der Waals surface area contributed by atoms with Crippen LogP contribution in [-0.2, 0) is 0 Å². The van der Waals surface area contributed by atoms with E-state index < -0.39 is 13.3 Å². The van der Waals surface area contributed by atoms with Gasteiger partial charge in [-0.05, 0) is 0 Å². The minimum atomic E-state index is -2.27. The molecule has 0 spiro atoms. The molecule has 2 aromatic heterocycles. The third-order valence-electron chi connectivity index (χ3n) is 4.98. The third kappa shape index (κ3) is 3.25. The molecule has 0 aliphatic carbocycles. The van der Waals surface area contributed by atoms with Crippen LogP contribution in [0.5, 0.6) is 0 Å². The van der Waals surface area contributed by atoms with E-state index in [1.165, 1.54) is 11.1 Å². The van der Waals surface area contributed by atoms with Gasteiger partial charge >= 0.3 is 162 Å². The Morgan fingerprint density at radius 2 is 1.52 bits per heavy atom. The average molecular weight is 419 g/mol. The van der Waals surface area contributed by atoms with Gasteiger partial charge in [0, 0.05) is 0 Å². The Bertz CT molecular complexity index is 1170. The summed E-state index contributed by atoms with van der Waals surface area (Å²) in [4.78, 5) is 9.43. The van der Waals surface area contributed by atoms with Gasteiger partial charge in [0.2, 0.25) is 0 Å². The zero-order chi connectivity index (χ0) is 19.3. The summed E-state index contributed by atoms with van der Waals surface area (Å²) in [5.74, 6) is 6.63. The SMILES string of the molecule is Cc1cc(C)cc(-c2nccc3c2cnc2[c]([Ge]([CH3])([CH3])[CH3])cc(F)cc23)c1. The van der Waals surface area contributed by atoms with Gasteiger partial charge in [0.25, 0.3) is 0 Å². The second kappa shape index (κ2) is 6.41. The van der Waals surface area contributed by atoms with E-state index in [2.05, 4.69) is 54.3 Å². The van der Waals surface area contributed by atoms with Gasteiger partial charge in [0.1, 0.15) is 0 Å². The summed E-state index contributed by atoms with van der Waals surface area (Å²) in [6.07, 6.45) is 3.73. The van der Waals surface area contributed by atoms with Crippen LogP contribution < -0.4 is 4.40 Å². The molecule has 4 aromatic rings. The van der Waals surface area contributed by atoms with E-state index in [1.54, 1.807) is 12.1 Å². The molecule has 4 rings (SSSR count). The van der Waals surface area contributed by atoms with Crippen molar-refractivity contribution in [2.45, 2.75) is 31.1 Å². The van der Waals surface area contributed by atoms with Crippen molar-refractivity contribution >= 4 is 39.3 Å². The molecule has 0 N–H and O–H groups in total. The summed E-state index contributed by atoms with van der Waals surface area (Å²) in [6.45, 7) is 4.18. The molecule has 0 saturated heterocycles. The van der Waals surface area contributed by atoms with Gasteiger partial charge in [0.15, 0.2) is 0 Å². The van der Waals surface area contributed by atoms with Gasteiger partial charge in [-0.2, -0.15) is 0 Å². The Morgan fingerprint density at radius 3 is 2.19 bits per heavy atom. The van der Waals surface area contributed by atoms with Gasteiger partial charge in [-0.1, -0.05) is 0 Å². The Hall–Kier alpha value is -2.27. The molecule has 2 heterocycles. The van der Waals surface area contributed by atoms with Crippen molar-refractivity contribution in [1.29, 1.82) is 0 Å². The van der Waals surface area contributed by atoms with Crippen molar-refractivity contribution in [3.8, 4) is 11.3 Å². The van der Waals surface area contributed by atoms with Gasteiger partial charge in [0.05, 0.1) is 0 Å². The molecule has 0 aliphatic heterocycles. The number of hydrogen-bond acceptors (Lipinski definition) is 2. The quantitative estimate of drug-likeness (QED) is 0.306. The number of hydrogen-bond donors (Lipinski definition) is 0. The summed E-state index contributed by atoms with van der Waals surface area (Å²) in [7, 11) is 0. The van der Waals surface area contributed by atoms with Crippen LogP contribution in [0.1, 0.15) is 11.1 Å². The predicted octanol–water partition coefficient (Wildman–Crippen LogP) is 5.75. The fourth-order valence-corrected chi connectivity index (χ4v) is 6.93. The molecule has 136 valence electrons. The van der Waals surface area contributed by atoms with E-state index in [-0.39, 0.29) is 5.82 Å². The van der Waals surface area contributed by atoms with Crippen molar-refractivity contribution in [2.75, 3.05) is 0 Å². The second-order valence-electron chi connectivity index (χ2n) is 8.35. The first kappa shape index (κ1) is 18.1. The topological polar surface area (TPSA) is 25.8 Å². The van der Waals surface area contributed by atoms with Crippen molar-refractivity contribution in [2.24, 2.45) is 0 Å². The normalized spacial score (nSPS) is 12.1. The monoisotopic (exact) mass is 420 g/mol. The second-order valence-corrected chi connectivity index (χ2v) is 18.9. The van der Waals surface area contributed by atoms with Crippen molar-refractivity contribution in [3.63, 3.8) is 0 Å². The molecule has 0 aliphatic rings. The van der Waals surface area contributed by atoms with Crippen LogP contribution in [-0.4, -0.2) is 23.2 Å². The Balaban J connectivity index is 2.09. The van der Waals surface area contributed by atoms with E-state index in [9.17, 15) is 4.39 Å². The molecule has 0 saturated carbocycles. The van der Waals surface area contributed by atoms with E-state index in [1.807, 2.05) is 18.5 Å². The number of aromatic nitrogens is 2. The number of benzene rings is 2. The van der Waals surface area contributed by atoms with Gasteiger partial charge < -0.3 is 0 Å². The molecule has 0 amide bonds. The minimum absolute atomic E-state index is 0.183. The standard InChI is InChI=1S/C23H23FGeN2/c1-14-8-15(2)10-16(9-14)22-20-13-27-23-19(18(20)6-7-26-22)11-17(24)12-21(23)25(3,4)5/h6-13H,1-5H3. The average Bonchev–Trinajstić information content (AvgIpc) is 2.58. The molecule has 0 bridgehead atoms. The Kier molecular flexibility index (Phi) is 4.30. The maximum atomic E-state index is 14.5. The first-order valence-corrected chi connectivity index (χ1v) is 16.5. The van der Waals surface area contributed by atoms with E-state index in [0.29, 0.717) is 0 Å². The van der Waals surface area contributed by atoms with E-state index >= 15 is 0 Å². The molecule has 0 radical (unpaired) electrons. The summed E-state index contributed by atoms with van der Waals surface area (Å²) in [6, 6.07) is 11.7. The fourth-order valence-electron chi connectivity index (χ4n) is 3.82. The number of rotatable bonds is 2. The van der Waals surface area contributed by atoms with Crippen molar-refractivity contribution in [3.05, 3.63) is 65.7 Å². The number of nitrogens with zero attached hydrogens (tertiary/aromatic N) is 2. The molecular weight excluding hydrogens is 396 g/mol. The molecule has 27 heavy (non-hydrogen) atoms. The van der Waals surface area contributed by atoms with Crippen molar-refractivity contribution in [1.82, 2.24) is 9.97 Å². The summed E-state index contributed by atoms with van der Waals surface area (Å²) >= 11 is -2.27. The molecule has 0 atom stereocenters. The van der Waals surface area contributed by atoms with Crippen LogP contribution in [0.3, 0.4) is 0 Å². The van der Waals surface area contributed by atoms with Gasteiger partial charge in [-0.15, -0.1) is 0 Å². The fraction of sp³-hybridized carbons (Fsp3) is 0.217. The van der Waals surface area contributed by atoms with E-state index in [4.69, 9.17) is 4.98 Å². The molecule has 0 fully saturated rings. The van der Waals surface area contributed by atoms with Crippen LogP contribution in [0.2, 0.25) is 17.3 Å². The zero-order valence-corrected chi connectivity index (χ0v) is 18.5. The molecule has 4 heteroatoms. The Labute approximate surface area is 161 Å². The van der Waals surface area contributed by atoms with E-state index in [0.717, 1.165) is 37.3 Å². The van der Waals surface area contributed by atoms with Crippen LogP contribution in [0.25, 0.3) is 32.9 Å². The van der Waals surface area contributed by atoms with Gasteiger partial charge in [-0.3, -0.25) is 0 Å². The first-order valence-electron chi connectivity index (χ1n) is 9.20. The molecule has 2 nitrogen and oxygen atoms in total. The number of halogens is 1. The zero-order valence-electron chi connectivity index (χ0n) is 16.4. The third-order valence-corrected chi connectivity index (χ3v) is 9.17. The summed E-state index contributed by atoms with van der Waals surface area (Å²) in [5, 5.41) is 2.86. The number of fused-ring (bicyclic) bond motifs is 3. The van der Waals surface area contributed by atoms with Gasteiger partial charge in [-0.25, -0.2) is 0 Å². The van der Waals surface area contributed by atoms with Crippen molar-refractivity contribution < 1.29 is 4.39 Å². The summed E-state index contributed by atoms with van der Waals surface area (Å²) < 4.78 is 15.6. The molecular formula is C23H23FGeN2. The number of pyridine rings is 2. The molecule has 0 unspecified atom stereocenters. The van der Waals surface area contributed by atoms with Crippen LogP contribution in [0.15, 0.2) is 48.8 Å². The maximum absolute atomic E-state index is 14.5. The van der Waals surface area contributed by atoms with Crippen LogP contribution in [0.4, 0.5) is 4.39 Å². The molecule has 2 aromatic carbocycles. The van der Waals surface area contributed by atoms with Crippen LogP contribution >= 0.6 is 0 Å². The first-order chi connectivity index (χ1) is 12.7. The summed E-state index contributed by atoms with van der Waals surface area (Å²) in [5.41, 5.74) is 5.31. The van der Waals surface area contributed by atoms with Crippen LogP contribution in [0, 0.1) is 19.7 Å². The number of aryl methyl sites for hydroxylation is 2.